The first-order valence-electron chi connectivity index (χ1n) is 6.44. The van der Waals surface area contributed by atoms with Crippen molar-refractivity contribution in [1.82, 2.24) is 5.32 Å². The van der Waals surface area contributed by atoms with Crippen molar-refractivity contribution in [3.8, 4) is 0 Å². The molecule has 106 valence electrons. The van der Waals surface area contributed by atoms with Gasteiger partial charge in [0.2, 0.25) is 0 Å². The summed E-state index contributed by atoms with van der Waals surface area (Å²) in [5, 5.41) is 3.88. The largest absolute Gasteiger partial charge is 0.303 e. The van der Waals surface area contributed by atoms with Crippen molar-refractivity contribution in [2.24, 2.45) is 0 Å². The molecule has 0 aromatic heterocycles. The fourth-order valence-electron chi connectivity index (χ4n) is 2.23. The van der Waals surface area contributed by atoms with Crippen LogP contribution >= 0.6 is 11.6 Å². The third-order valence-electron chi connectivity index (χ3n) is 3.30. The maximum atomic E-state index is 13.7. The molecule has 0 spiro atoms. The van der Waals surface area contributed by atoms with E-state index in [-0.39, 0.29) is 12.1 Å². The molecule has 0 saturated heterocycles. The summed E-state index contributed by atoms with van der Waals surface area (Å²) >= 11 is 6.13. The first-order chi connectivity index (χ1) is 9.49. The number of rotatable bonds is 4. The Morgan fingerprint density at radius 2 is 1.60 bits per heavy atom. The van der Waals surface area contributed by atoms with Crippen molar-refractivity contribution in [2.45, 2.75) is 25.9 Å². The Bertz CT molecular complexity index is 601. The zero-order chi connectivity index (χ0) is 14.7. The van der Waals surface area contributed by atoms with Crippen LogP contribution in [0.25, 0.3) is 0 Å². The average molecular weight is 296 g/mol. The Balaban J connectivity index is 2.17. The quantitative estimate of drug-likeness (QED) is 0.834. The van der Waals surface area contributed by atoms with E-state index in [2.05, 4.69) is 5.32 Å². The minimum Gasteiger partial charge on any atom is -0.303 e. The lowest BCUT2D eigenvalue weighted by molar-refractivity contribution is 0.470. The van der Waals surface area contributed by atoms with Gasteiger partial charge in [0.05, 0.1) is 0 Å². The van der Waals surface area contributed by atoms with Crippen molar-refractivity contribution < 1.29 is 8.78 Å². The van der Waals surface area contributed by atoms with E-state index in [4.69, 9.17) is 11.6 Å². The molecule has 0 aliphatic rings. The Labute approximate surface area is 122 Å². The van der Waals surface area contributed by atoms with Crippen molar-refractivity contribution in [3.05, 3.63) is 70.2 Å². The van der Waals surface area contributed by atoms with Gasteiger partial charge in [-0.05, 0) is 43.7 Å². The molecule has 2 rings (SSSR count). The Hall–Kier alpha value is -1.45. The molecule has 2 atom stereocenters. The van der Waals surface area contributed by atoms with E-state index in [9.17, 15) is 8.78 Å². The highest BCUT2D eigenvalue weighted by atomic mass is 35.5. The molecule has 20 heavy (non-hydrogen) atoms. The van der Waals surface area contributed by atoms with Crippen molar-refractivity contribution in [3.63, 3.8) is 0 Å². The van der Waals surface area contributed by atoms with E-state index >= 15 is 0 Å². The molecular formula is C16H16ClF2N. The first-order valence-corrected chi connectivity index (χ1v) is 6.82. The molecule has 0 aliphatic carbocycles. The average Bonchev–Trinajstić information content (AvgIpc) is 2.41. The summed E-state index contributed by atoms with van der Waals surface area (Å²) in [5.41, 5.74) is 1.24. The molecule has 1 nitrogen and oxygen atoms in total. The fraction of sp³-hybridized carbons (Fsp3) is 0.250. The predicted molar refractivity (Wildman–Crippen MR) is 77.8 cm³/mol. The second-order valence-corrected chi connectivity index (χ2v) is 5.20. The summed E-state index contributed by atoms with van der Waals surface area (Å²) in [7, 11) is 0. The molecule has 0 saturated carbocycles. The second kappa shape index (κ2) is 6.33. The molecule has 0 aliphatic heterocycles. The van der Waals surface area contributed by atoms with Crippen LogP contribution in [-0.4, -0.2) is 0 Å². The summed E-state index contributed by atoms with van der Waals surface area (Å²) in [6.07, 6.45) is 0. The number of hydrogen-bond donors (Lipinski definition) is 1. The highest BCUT2D eigenvalue weighted by Crippen LogP contribution is 2.26. The first kappa shape index (κ1) is 14.9. The second-order valence-electron chi connectivity index (χ2n) is 4.80. The van der Waals surface area contributed by atoms with E-state index in [0.717, 1.165) is 17.7 Å². The smallest absolute Gasteiger partial charge is 0.128 e. The van der Waals surface area contributed by atoms with Crippen molar-refractivity contribution >= 4 is 11.6 Å². The van der Waals surface area contributed by atoms with Crippen LogP contribution in [0, 0.1) is 11.6 Å². The molecule has 0 amide bonds. The summed E-state index contributed by atoms with van der Waals surface area (Å²) in [6.45, 7) is 3.74. The predicted octanol–water partition coefficient (Wildman–Crippen LogP) is 5.03. The van der Waals surface area contributed by atoms with E-state index < -0.39 is 11.6 Å². The Kier molecular flexibility index (Phi) is 4.73. The van der Waals surface area contributed by atoms with Gasteiger partial charge in [0, 0.05) is 22.7 Å². The standard InChI is InChI=1S/C16H16ClF2N/c1-10(13-5-3-4-6-15(13)17)20-11(2)14-9-12(18)7-8-16(14)19/h3-11,20H,1-2H3/t10-,11?/m0/s1. The van der Waals surface area contributed by atoms with Gasteiger partial charge >= 0.3 is 0 Å². The number of nitrogens with one attached hydrogen (secondary N) is 1. The topological polar surface area (TPSA) is 12.0 Å². The monoisotopic (exact) mass is 295 g/mol. The lowest BCUT2D eigenvalue weighted by Gasteiger charge is -2.22. The van der Waals surface area contributed by atoms with E-state index in [0.29, 0.717) is 10.6 Å². The highest BCUT2D eigenvalue weighted by Gasteiger charge is 2.16. The number of benzene rings is 2. The molecule has 0 heterocycles. The molecule has 0 fully saturated rings. The highest BCUT2D eigenvalue weighted by molar-refractivity contribution is 6.31. The third-order valence-corrected chi connectivity index (χ3v) is 3.64. The lowest BCUT2D eigenvalue weighted by Crippen LogP contribution is -2.23. The molecule has 2 aromatic rings. The maximum absolute atomic E-state index is 13.7. The third kappa shape index (κ3) is 3.35. The SMILES string of the molecule is CC(N[C@@H](C)c1ccccc1Cl)c1cc(F)ccc1F. The summed E-state index contributed by atoms with van der Waals surface area (Å²) in [4.78, 5) is 0. The number of hydrogen-bond acceptors (Lipinski definition) is 1. The molecule has 0 bridgehead atoms. The fourth-order valence-corrected chi connectivity index (χ4v) is 2.53. The van der Waals surface area contributed by atoms with E-state index in [1.165, 1.54) is 6.07 Å². The normalized spacial score (nSPS) is 14.1. The van der Waals surface area contributed by atoms with Crippen molar-refractivity contribution in [1.29, 1.82) is 0 Å². The molecule has 4 heteroatoms. The molecule has 1 N–H and O–H groups in total. The van der Waals surface area contributed by atoms with Gasteiger partial charge in [-0.25, -0.2) is 8.78 Å². The van der Waals surface area contributed by atoms with Gasteiger partial charge in [0.1, 0.15) is 11.6 Å². The Morgan fingerprint density at radius 1 is 0.950 bits per heavy atom. The molecule has 1 unspecified atom stereocenters. The lowest BCUT2D eigenvalue weighted by atomic mass is 10.0. The molecule has 0 radical (unpaired) electrons. The zero-order valence-electron chi connectivity index (χ0n) is 11.3. The van der Waals surface area contributed by atoms with E-state index in [1.54, 1.807) is 6.92 Å². The Morgan fingerprint density at radius 3 is 2.30 bits per heavy atom. The van der Waals surface area contributed by atoms with E-state index in [1.807, 2.05) is 31.2 Å². The van der Waals surface area contributed by atoms with Gasteiger partial charge < -0.3 is 5.32 Å². The van der Waals surface area contributed by atoms with Crippen LogP contribution < -0.4 is 5.32 Å². The van der Waals surface area contributed by atoms with Crippen LogP contribution in [0.3, 0.4) is 0 Å². The van der Waals surface area contributed by atoms with Crippen LogP contribution in [0.2, 0.25) is 5.02 Å². The summed E-state index contributed by atoms with van der Waals surface area (Å²) < 4.78 is 26.9. The minimum absolute atomic E-state index is 0.0682. The molecular weight excluding hydrogens is 280 g/mol. The van der Waals surface area contributed by atoms with Crippen LogP contribution in [0.15, 0.2) is 42.5 Å². The molecule has 2 aromatic carbocycles. The summed E-state index contributed by atoms with van der Waals surface area (Å²) in [6, 6.07) is 10.6. The van der Waals surface area contributed by atoms with Gasteiger partial charge in [-0.2, -0.15) is 0 Å². The van der Waals surface area contributed by atoms with Gasteiger partial charge in [-0.1, -0.05) is 29.8 Å². The summed E-state index contributed by atoms with van der Waals surface area (Å²) in [5.74, 6) is -0.863. The van der Waals surface area contributed by atoms with Gasteiger partial charge in [-0.15, -0.1) is 0 Å². The van der Waals surface area contributed by atoms with Crippen LogP contribution in [-0.2, 0) is 0 Å². The van der Waals surface area contributed by atoms with Crippen LogP contribution in [0.4, 0.5) is 8.78 Å². The minimum atomic E-state index is -0.444. The van der Waals surface area contributed by atoms with Crippen LogP contribution in [0.1, 0.15) is 37.1 Å². The maximum Gasteiger partial charge on any atom is 0.128 e. The van der Waals surface area contributed by atoms with Crippen molar-refractivity contribution in [2.75, 3.05) is 0 Å². The van der Waals surface area contributed by atoms with Gasteiger partial charge in [-0.3, -0.25) is 0 Å². The van der Waals surface area contributed by atoms with Gasteiger partial charge in [0.15, 0.2) is 0 Å². The number of halogens is 3. The van der Waals surface area contributed by atoms with Crippen LogP contribution in [0.5, 0.6) is 0 Å². The zero-order valence-corrected chi connectivity index (χ0v) is 12.1. The van der Waals surface area contributed by atoms with Gasteiger partial charge in [0.25, 0.3) is 0 Å².